The zero-order chi connectivity index (χ0) is 22.4. The molecule has 0 aliphatic carbocycles. The number of amides is 1. The van der Waals surface area contributed by atoms with E-state index >= 15 is 0 Å². The van der Waals surface area contributed by atoms with Gasteiger partial charge in [-0.3, -0.25) is 4.79 Å². The molecule has 7 nitrogen and oxygen atoms in total. The SMILES string of the molecule is COc1ccc(S(=O)(=O)Oc2ccc(CN(CC3CCCO3)C(=O)C(C)C)cc2)cc1. The third-order valence-corrected chi connectivity index (χ3v) is 6.37. The first-order valence-corrected chi connectivity index (χ1v) is 11.8. The number of nitrogens with zero attached hydrogens (tertiary/aromatic N) is 1. The molecule has 3 rings (SSSR count). The number of ether oxygens (including phenoxy) is 2. The van der Waals surface area contributed by atoms with Gasteiger partial charge in [-0.2, -0.15) is 8.42 Å². The lowest BCUT2D eigenvalue weighted by Gasteiger charge is -2.27. The van der Waals surface area contributed by atoms with E-state index in [1.165, 1.54) is 19.2 Å². The molecule has 1 aliphatic rings. The summed E-state index contributed by atoms with van der Waals surface area (Å²) in [7, 11) is -2.44. The highest BCUT2D eigenvalue weighted by Crippen LogP contribution is 2.22. The van der Waals surface area contributed by atoms with Crippen molar-refractivity contribution in [1.82, 2.24) is 4.90 Å². The Hall–Kier alpha value is -2.58. The van der Waals surface area contributed by atoms with Gasteiger partial charge in [-0.05, 0) is 54.8 Å². The lowest BCUT2D eigenvalue weighted by molar-refractivity contribution is -0.136. The van der Waals surface area contributed by atoms with Gasteiger partial charge in [0, 0.05) is 25.6 Å². The van der Waals surface area contributed by atoms with Gasteiger partial charge in [0.15, 0.2) is 0 Å². The van der Waals surface area contributed by atoms with Gasteiger partial charge < -0.3 is 18.6 Å². The van der Waals surface area contributed by atoms with Crippen LogP contribution in [0.2, 0.25) is 0 Å². The van der Waals surface area contributed by atoms with Crippen molar-refractivity contribution in [2.24, 2.45) is 5.92 Å². The fourth-order valence-corrected chi connectivity index (χ4v) is 4.35. The minimum atomic E-state index is -3.95. The van der Waals surface area contributed by atoms with Crippen LogP contribution in [-0.2, 0) is 26.2 Å². The predicted molar refractivity (Wildman–Crippen MR) is 116 cm³/mol. The van der Waals surface area contributed by atoms with E-state index in [9.17, 15) is 13.2 Å². The zero-order valence-corrected chi connectivity index (χ0v) is 18.9. The quantitative estimate of drug-likeness (QED) is 0.546. The molecule has 1 unspecified atom stereocenters. The third-order valence-electron chi connectivity index (χ3n) is 5.10. The van der Waals surface area contributed by atoms with Gasteiger partial charge in [0.25, 0.3) is 0 Å². The zero-order valence-electron chi connectivity index (χ0n) is 18.1. The molecule has 2 aromatic carbocycles. The largest absolute Gasteiger partial charge is 0.497 e. The van der Waals surface area contributed by atoms with Crippen molar-refractivity contribution in [3.05, 3.63) is 54.1 Å². The molecule has 0 N–H and O–H groups in total. The van der Waals surface area contributed by atoms with Crippen molar-refractivity contribution in [2.45, 2.75) is 44.2 Å². The monoisotopic (exact) mass is 447 g/mol. The smallest absolute Gasteiger partial charge is 0.339 e. The summed E-state index contributed by atoms with van der Waals surface area (Å²) in [5.41, 5.74) is 0.890. The third kappa shape index (κ3) is 6.21. The molecule has 8 heteroatoms. The van der Waals surface area contributed by atoms with Crippen molar-refractivity contribution < 1.29 is 26.9 Å². The topological polar surface area (TPSA) is 82.1 Å². The molecule has 31 heavy (non-hydrogen) atoms. The molecule has 1 fully saturated rings. The molecule has 0 aromatic heterocycles. The number of rotatable bonds is 9. The molecule has 1 heterocycles. The molecule has 1 aliphatic heterocycles. The van der Waals surface area contributed by atoms with E-state index in [0.717, 1.165) is 25.0 Å². The molecule has 1 atom stereocenters. The van der Waals surface area contributed by atoms with E-state index in [1.54, 1.807) is 36.4 Å². The van der Waals surface area contributed by atoms with Crippen LogP contribution in [0, 0.1) is 5.92 Å². The summed E-state index contributed by atoms with van der Waals surface area (Å²) in [6, 6.07) is 12.7. The van der Waals surface area contributed by atoms with Crippen LogP contribution in [0.25, 0.3) is 0 Å². The number of benzene rings is 2. The summed E-state index contributed by atoms with van der Waals surface area (Å²) in [6.07, 6.45) is 2.04. The fraction of sp³-hybridized carbons (Fsp3) is 0.435. The number of hydrogen-bond acceptors (Lipinski definition) is 6. The Morgan fingerprint density at radius 3 is 2.29 bits per heavy atom. The van der Waals surface area contributed by atoms with Crippen LogP contribution in [0.5, 0.6) is 11.5 Å². The van der Waals surface area contributed by atoms with E-state index in [1.807, 2.05) is 18.7 Å². The molecule has 2 aromatic rings. The summed E-state index contributed by atoms with van der Waals surface area (Å²) in [4.78, 5) is 14.5. The second-order valence-electron chi connectivity index (χ2n) is 7.87. The Labute approximate surface area is 184 Å². The van der Waals surface area contributed by atoms with Gasteiger partial charge in [0.2, 0.25) is 5.91 Å². The number of carbonyl (C=O) groups excluding carboxylic acids is 1. The molecule has 0 spiro atoms. The number of carbonyl (C=O) groups is 1. The van der Waals surface area contributed by atoms with Crippen molar-refractivity contribution in [2.75, 3.05) is 20.3 Å². The van der Waals surface area contributed by atoms with Crippen LogP contribution in [0.15, 0.2) is 53.4 Å². The summed E-state index contributed by atoms with van der Waals surface area (Å²) in [5.74, 6) is 0.726. The summed E-state index contributed by atoms with van der Waals surface area (Å²) in [5, 5.41) is 0. The lowest BCUT2D eigenvalue weighted by Crippen LogP contribution is -2.39. The van der Waals surface area contributed by atoms with Gasteiger partial charge in [0.05, 0.1) is 13.2 Å². The van der Waals surface area contributed by atoms with Crippen LogP contribution < -0.4 is 8.92 Å². The fourth-order valence-electron chi connectivity index (χ4n) is 3.42. The van der Waals surface area contributed by atoms with Crippen molar-refractivity contribution in [3.63, 3.8) is 0 Å². The Kier molecular flexibility index (Phi) is 7.56. The highest BCUT2D eigenvalue weighted by molar-refractivity contribution is 7.87. The van der Waals surface area contributed by atoms with Crippen LogP contribution in [0.4, 0.5) is 0 Å². The molecule has 1 amide bonds. The normalized spacial score (nSPS) is 16.3. The molecular formula is C23H29NO6S. The molecule has 1 saturated heterocycles. The standard InChI is InChI=1S/C23H29NO6S/c1-17(2)23(25)24(16-21-5-4-14-29-21)15-18-6-8-20(9-7-18)30-31(26,27)22-12-10-19(28-3)11-13-22/h6-13,17,21H,4-5,14-16H2,1-3H3. The average Bonchev–Trinajstić information content (AvgIpc) is 3.27. The van der Waals surface area contributed by atoms with Gasteiger partial charge in [-0.25, -0.2) is 0 Å². The highest BCUT2D eigenvalue weighted by atomic mass is 32.2. The first-order valence-electron chi connectivity index (χ1n) is 10.4. The van der Waals surface area contributed by atoms with E-state index < -0.39 is 10.1 Å². The number of hydrogen-bond donors (Lipinski definition) is 0. The van der Waals surface area contributed by atoms with Crippen LogP contribution >= 0.6 is 0 Å². The molecule has 0 radical (unpaired) electrons. The van der Waals surface area contributed by atoms with Crippen LogP contribution in [0.1, 0.15) is 32.3 Å². The Morgan fingerprint density at radius 2 is 1.74 bits per heavy atom. The Balaban J connectivity index is 1.67. The maximum Gasteiger partial charge on any atom is 0.339 e. The van der Waals surface area contributed by atoms with Gasteiger partial charge in [0.1, 0.15) is 16.4 Å². The van der Waals surface area contributed by atoms with Crippen LogP contribution in [-0.4, -0.2) is 45.6 Å². The maximum absolute atomic E-state index is 12.6. The van der Waals surface area contributed by atoms with Gasteiger partial charge in [-0.15, -0.1) is 0 Å². The first kappa shape index (κ1) is 23.1. The Morgan fingerprint density at radius 1 is 1.10 bits per heavy atom. The summed E-state index contributed by atoms with van der Waals surface area (Å²) < 4.78 is 41.0. The molecule has 168 valence electrons. The van der Waals surface area contributed by atoms with E-state index in [-0.39, 0.29) is 28.6 Å². The number of methoxy groups -OCH3 is 1. The van der Waals surface area contributed by atoms with Crippen molar-refractivity contribution >= 4 is 16.0 Å². The van der Waals surface area contributed by atoms with Crippen LogP contribution in [0.3, 0.4) is 0 Å². The highest BCUT2D eigenvalue weighted by Gasteiger charge is 2.24. The van der Waals surface area contributed by atoms with E-state index in [2.05, 4.69) is 0 Å². The second kappa shape index (κ2) is 10.2. The summed E-state index contributed by atoms with van der Waals surface area (Å²) in [6.45, 7) is 5.49. The minimum Gasteiger partial charge on any atom is -0.497 e. The maximum atomic E-state index is 12.6. The first-order chi connectivity index (χ1) is 14.8. The van der Waals surface area contributed by atoms with Crippen molar-refractivity contribution in [1.29, 1.82) is 0 Å². The van der Waals surface area contributed by atoms with E-state index in [0.29, 0.717) is 18.8 Å². The Bertz CT molecular complexity index is 964. The molecular weight excluding hydrogens is 418 g/mol. The average molecular weight is 448 g/mol. The predicted octanol–water partition coefficient (Wildman–Crippen LogP) is 3.63. The van der Waals surface area contributed by atoms with E-state index in [4.69, 9.17) is 13.7 Å². The lowest BCUT2D eigenvalue weighted by atomic mass is 10.1. The summed E-state index contributed by atoms with van der Waals surface area (Å²) >= 11 is 0. The minimum absolute atomic E-state index is 0.0441. The van der Waals surface area contributed by atoms with Gasteiger partial charge in [-0.1, -0.05) is 26.0 Å². The molecule has 0 bridgehead atoms. The second-order valence-corrected chi connectivity index (χ2v) is 9.41. The van der Waals surface area contributed by atoms with Gasteiger partial charge >= 0.3 is 10.1 Å². The molecule has 0 saturated carbocycles. The van der Waals surface area contributed by atoms with Crippen molar-refractivity contribution in [3.8, 4) is 11.5 Å².